The van der Waals surface area contributed by atoms with Crippen molar-refractivity contribution >= 4 is 56.7 Å². The fourth-order valence-electron chi connectivity index (χ4n) is 2.66. The first kappa shape index (κ1) is 20.6. The molecule has 0 saturated carbocycles. The highest BCUT2D eigenvalue weighted by Crippen LogP contribution is 2.35. The minimum Gasteiger partial charge on any atom is -0.454 e. The summed E-state index contributed by atoms with van der Waals surface area (Å²) in [7, 11) is 2.56. The minimum absolute atomic E-state index is 0.285. The van der Waals surface area contributed by atoms with Crippen LogP contribution >= 0.6 is 22.9 Å². The highest BCUT2D eigenvalue weighted by molar-refractivity contribution is 7.20. The molecule has 10 heteroatoms. The third-order valence-corrected chi connectivity index (χ3v) is 5.92. The quantitative estimate of drug-likeness (QED) is 0.374. The predicted octanol–water partition coefficient (Wildman–Crippen LogP) is 1.97. The number of aromatic nitrogens is 2. The Morgan fingerprint density at radius 1 is 1.21 bits per heavy atom. The number of nitrogens with two attached hydrogens (primary N) is 1. The Kier molecular flexibility index (Phi) is 5.71. The predicted molar refractivity (Wildman–Crippen MR) is 112 cm³/mol. The number of halogens is 1. The van der Waals surface area contributed by atoms with Gasteiger partial charge in [0.15, 0.2) is 6.61 Å². The fourth-order valence-corrected chi connectivity index (χ4v) is 4.06. The second-order valence-corrected chi connectivity index (χ2v) is 7.57. The zero-order valence-electron chi connectivity index (χ0n) is 15.5. The number of Topliss-reactive ketones (excluding diaryl/α,β-unsaturated/α-hetero) is 1. The SMILES string of the molecule is Cn1c(N)c(C(=O)COC(=O)/C=C/c2sc3ccccc3c2Cl)c(=O)n(C)c1=O. The fraction of sp³-hybridized carbons (Fsp3) is 0.158. The first-order chi connectivity index (χ1) is 13.7. The molecule has 3 rings (SSSR count). The van der Waals surface area contributed by atoms with Crippen LogP contribution in [0, 0.1) is 0 Å². The van der Waals surface area contributed by atoms with Gasteiger partial charge in [0.1, 0.15) is 11.4 Å². The van der Waals surface area contributed by atoms with E-state index in [1.54, 1.807) is 0 Å². The molecule has 1 aromatic carbocycles. The average molecular weight is 434 g/mol. The Bertz CT molecular complexity index is 1290. The molecule has 29 heavy (non-hydrogen) atoms. The Morgan fingerprint density at radius 2 is 1.90 bits per heavy atom. The molecule has 0 spiro atoms. The van der Waals surface area contributed by atoms with Gasteiger partial charge in [0.25, 0.3) is 5.56 Å². The number of fused-ring (bicyclic) bond motifs is 1. The number of carbonyl (C=O) groups is 2. The van der Waals surface area contributed by atoms with Crippen molar-refractivity contribution in [3.8, 4) is 0 Å². The molecule has 3 aromatic rings. The number of ether oxygens (including phenoxy) is 1. The number of hydrogen-bond acceptors (Lipinski definition) is 7. The Morgan fingerprint density at radius 3 is 2.59 bits per heavy atom. The first-order valence-electron chi connectivity index (χ1n) is 8.33. The van der Waals surface area contributed by atoms with Crippen molar-refractivity contribution in [3.63, 3.8) is 0 Å². The summed E-state index contributed by atoms with van der Waals surface area (Å²) < 4.78 is 7.61. The monoisotopic (exact) mass is 433 g/mol. The van der Waals surface area contributed by atoms with E-state index in [4.69, 9.17) is 22.1 Å². The van der Waals surface area contributed by atoms with E-state index in [0.717, 1.165) is 25.3 Å². The van der Waals surface area contributed by atoms with Crippen LogP contribution in [0.1, 0.15) is 15.2 Å². The van der Waals surface area contributed by atoms with Crippen LogP contribution in [0.4, 0.5) is 5.82 Å². The summed E-state index contributed by atoms with van der Waals surface area (Å²) in [5.41, 5.74) is 3.80. The van der Waals surface area contributed by atoms with Crippen molar-refractivity contribution in [1.82, 2.24) is 9.13 Å². The van der Waals surface area contributed by atoms with Crippen molar-refractivity contribution in [2.75, 3.05) is 12.3 Å². The molecule has 2 N–H and O–H groups in total. The zero-order chi connectivity index (χ0) is 21.3. The summed E-state index contributed by atoms with van der Waals surface area (Å²) in [6, 6.07) is 7.54. The highest BCUT2D eigenvalue weighted by Gasteiger charge is 2.21. The van der Waals surface area contributed by atoms with E-state index in [1.165, 1.54) is 31.5 Å². The minimum atomic E-state index is -0.848. The van der Waals surface area contributed by atoms with Gasteiger partial charge < -0.3 is 10.5 Å². The molecule has 0 fully saturated rings. The number of hydrogen-bond donors (Lipinski definition) is 1. The van der Waals surface area contributed by atoms with Crippen molar-refractivity contribution in [2.24, 2.45) is 14.1 Å². The molecule has 0 radical (unpaired) electrons. The molecule has 0 aliphatic carbocycles. The van der Waals surface area contributed by atoms with E-state index in [1.807, 2.05) is 24.3 Å². The smallest absolute Gasteiger partial charge is 0.332 e. The largest absolute Gasteiger partial charge is 0.454 e. The molecule has 8 nitrogen and oxygen atoms in total. The second kappa shape index (κ2) is 8.06. The molecule has 0 unspecified atom stereocenters. The molecule has 0 amide bonds. The van der Waals surface area contributed by atoms with E-state index in [9.17, 15) is 19.2 Å². The number of rotatable bonds is 5. The van der Waals surface area contributed by atoms with Crippen molar-refractivity contribution in [3.05, 3.63) is 66.6 Å². The highest BCUT2D eigenvalue weighted by atomic mass is 35.5. The number of anilines is 1. The van der Waals surface area contributed by atoms with E-state index < -0.39 is 35.2 Å². The standard InChI is InChI=1S/C19H16ClN3O5S/c1-22-17(21)15(18(26)23(2)19(22)27)11(24)9-28-14(25)8-7-13-16(20)10-5-3-4-6-12(10)29-13/h3-8H,9,21H2,1-2H3/b8-7+. The summed E-state index contributed by atoms with van der Waals surface area (Å²) in [5, 5.41) is 1.40. The number of esters is 1. The maximum atomic E-state index is 12.3. The lowest BCUT2D eigenvalue weighted by molar-refractivity contribution is -0.136. The van der Waals surface area contributed by atoms with E-state index in [-0.39, 0.29) is 5.82 Å². The molecule has 0 aliphatic rings. The van der Waals surface area contributed by atoms with Gasteiger partial charge >= 0.3 is 11.7 Å². The normalized spacial score (nSPS) is 11.3. The van der Waals surface area contributed by atoms with Crippen LogP contribution in [0.25, 0.3) is 16.2 Å². The number of nitrogens with zero attached hydrogens (tertiary/aromatic N) is 2. The van der Waals surface area contributed by atoms with Crippen molar-refractivity contribution < 1.29 is 14.3 Å². The Labute approximate surface area is 173 Å². The molecule has 150 valence electrons. The van der Waals surface area contributed by atoms with E-state index >= 15 is 0 Å². The maximum absolute atomic E-state index is 12.3. The molecule has 0 aliphatic heterocycles. The number of carbonyl (C=O) groups excluding carboxylic acids is 2. The average Bonchev–Trinajstić information content (AvgIpc) is 3.03. The molecule has 2 heterocycles. The summed E-state index contributed by atoms with van der Waals surface area (Å²) in [6.07, 6.45) is 2.64. The Balaban J connectivity index is 1.73. The van der Waals surface area contributed by atoms with Gasteiger partial charge in [-0.05, 0) is 12.1 Å². The van der Waals surface area contributed by atoms with Gasteiger partial charge in [-0.25, -0.2) is 9.59 Å². The van der Waals surface area contributed by atoms with Gasteiger partial charge in [-0.15, -0.1) is 11.3 Å². The lowest BCUT2D eigenvalue weighted by Gasteiger charge is -2.10. The van der Waals surface area contributed by atoms with E-state index in [2.05, 4.69) is 0 Å². The van der Waals surface area contributed by atoms with Crippen LogP contribution in [-0.4, -0.2) is 27.5 Å². The molecular formula is C19H16ClN3O5S. The van der Waals surface area contributed by atoms with E-state index in [0.29, 0.717) is 9.90 Å². The van der Waals surface area contributed by atoms with Crippen LogP contribution in [0.2, 0.25) is 5.02 Å². The van der Waals surface area contributed by atoms with Gasteiger partial charge in [0.05, 0.1) is 5.02 Å². The number of benzene rings is 1. The zero-order valence-corrected chi connectivity index (χ0v) is 17.0. The second-order valence-electron chi connectivity index (χ2n) is 6.11. The van der Waals surface area contributed by atoms with Crippen LogP contribution < -0.4 is 17.0 Å². The summed E-state index contributed by atoms with van der Waals surface area (Å²) in [6.45, 7) is -0.693. The first-order valence-corrected chi connectivity index (χ1v) is 9.52. The maximum Gasteiger partial charge on any atom is 0.332 e. The van der Waals surface area contributed by atoms with Gasteiger partial charge in [-0.1, -0.05) is 29.8 Å². The lowest BCUT2D eigenvalue weighted by atomic mass is 10.2. The molecule has 0 atom stereocenters. The lowest BCUT2D eigenvalue weighted by Crippen LogP contribution is -2.42. The van der Waals surface area contributed by atoms with Gasteiger partial charge in [-0.3, -0.25) is 18.7 Å². The topological polar surface area (TPSA) is 113 Å². The third kappa shape index (κ3) is 3.87. The third-order valence-electron chi connectivity index (χ3n) is 4.26. The summed E-state index contributed by atoms with van der Waals surface area (Å²) in [5.74, 6) is -1.88. The molecule has 0 saturated heterocycles. The number of thiophene rings is 1. The van der Waals surface area contributed by atoms with Gasteiger partial charge in [0, 0.05) is 35.1 Å². The van der Waals surface area contributed by atoms with Crippen LogP contribution in [-0.2, 0) is 23.6 Å². The number of ketones is 1. The molecular weight excluding hydrogens is 418 g/mol. The van der Waals surface area contributed by atoms with Gasteiger partial charge in [0.2, 0.25) is 5.78 Å². The molecule has 2 aromatic heterocycles. The van der Waals surface area contributed by atoms with Crippen molar-refractivity contribution in [1.29, 1.82) is 0 Å². The van der Waals surface area contributed by atoms with Crippen LogP contribution in [0.15, 0.2) is 39.9 Å². The summed E-state index contributed by atoms with van der Waals surface area (Å²) in [4.78, 5) is 48.9. The Hall–Kier alpha value is -3.17. The van der Waals surface area contributed by atoms with Crippen LogP contribution in [0.5, 0.6) is 0 Å². The number of nitrogen functional groups attached to an aromatic ring is 1. The summed E-state index contributed by atoms with van der Waals surface area (Å²) >= 11 is 7.71. The van der Waals surface area contributed by atoms with Crippen molar-refractivity contribution in [2.45, 2.75) is 0 Å². The van der Waals surface area contributed by atoms with Gasteiger partial charge in [-0.2, -0.15) is 0 Å². The van der Waals surface area contributed by atoms with Crippen LogP contribution in [0.3, 0.4) is 0 Å². The molecule has 0 bridgehead atoms.